The second-order valence-electron chi connectivity index (χ2n) is 7.16. The first-order valence-corrected chi connectivity index (χ1v) is 10.0. The van der Waals surface area contributed by atoms with Gasteiger partial charge in [-0.1, -0.05) is 41.0 Å². The summed E-state index contributed by atoms with van der Waals surface area (Å²) in [7, 11) is 0. The molecule has 1 aromatic heterocycles. The molecular formula is C22H22ClN3O3. The number of hydrogen-bond donors (Lipinski definition) is 0. The number of rotatable bonds is 5. The van der Waals surface area contributed by atoms with Crippen molar-refractivity contribution in [3.8, 4) is 5.75 Å². The van der Waals surface area contributed by atoms with Crippen molar-refractivity contribution in [1.82, 2.24) is 15.0 Å². The van der Waals surface area contributed by atoms with Crippen LogP contribution in [0.4, 0.5) is 0 Å². The number of halogens is 1. The molecule has 4 rings (SSSR count). The number of aromatic nitrogens is 2. The highest BCUT2D eigenvalue weighted by Gasteiger charge is 2.28. The van der Waals surface area contributed by atoms with Crippen LogP contribution in [-0.2, 0) is 6.61 Å². The van der Waals surface area contributed by atoms with Crippen LogP contribution in [0.3, 0.4) is 0 Å². The molecule has 0 unspecified atom stereocenters. The van der Waals surface area contributed by atoms with Gasteiger partial charge in [0, 0.05) is 24.0 Å². The Kier molecular flexibility index (Phi) is 5.81. The number of carbonyl (C=O) groups is 1. The minimum atomic E-state index is -0.0168. The average molecular weight is 412 g/mol. The van der Waals surface area contributed by atoms with E-state index in [2.05, 4.69) is 10.1 Å². The molecule has 0 N–H and O–H groups in total. The van der Waals surface area contributed by atoms with E-state index in [9.17, 15) is 4.79 Å². The summed E-state index contributed by atoms with van der Waals surface area (Å²) in [5, 5.41) is 4.55. The van der Waals surface area contributed by atoms with E-state index in [1.807, 2.05) is 60.4 Å². The van der Waals surface area contributed by atoms with Crippen molar-refractivity contribution in [3.05, 3.63) is 76.4 Å². The molecule has 150 valence electrons. The number of carbonyl (C=O) groups excluding carboxylic acids is 1. The van der Waals surface area contributed by atoms with Crippen molar-refractivity contribution >= 4 is 17.5 Å². The normalized spacial score (nSPS) is 14.8. The van der Waals surface area contributed by atoms with Gasteiger partial charge in [-0.2, -0.15) is 4.98 Å². The first-order chi connectivity index (χ1) is 14.1. The first kappa shape index (κ1) is 19.5. The second-order valence-corrected chi connectivity index (χ2v) is 7.59. The number of piperidine rings is 1. The zero-order chi connectivity index (χ0) is 20.2. The van der Waals surface area contributed by atoms with E-state index in [4.69, 9.17) is 20.9 Å². The van der Waals surface area contributed by atoms with E-state index in [0.717, 1.165) is 18.4 Å². The number of amides is 1. The molecule has 29 heavy (non-hydrogen) atoms. The molecule has 2 aromatic carbocycles. The van der Waals surface area contributed by atoms with Crippen LogP contribution in [0.2, 0.25) is 5.02 Å². The summed E-state index contributed by atoms with van der Waals surface area (Å²) in [6, 6.07) is 14.9. The molecule has 0 radical (unpaired) electrons. The summed E-state index contributed by atoms with van der Waals surface area (Å²) >= 11 is 5.93. The number of benzene rings is 2. The van der Waals surface area contributed by atoms with Crippen molar-refractivity contribution in [2.24, 2.45) is 0 Å². The maximum Gasteiger partial charge on any atom is 0.257 e. The monoisotopic (exact) mass is 411 g/mol. The van der Waals surface area contributed by atoms with Crippen LogP contribution >= 0.6 is 11.6 Å². The van der Waals surface area contributed by atoms with Gasteiger partial charge in [-0.3, -0.25) is 4.79 Å². The van der Waals surface area contributed by atoms with E-state index in [-0.39, 0.29) is 11.8 Å². The highest BCUT2D eigenvalue weighted by molar-refractivity contribution is 6.30. The molecule has 1 aliphatic rings. The van der Waals surface area contributed by atoms with Gasteiger partial charge < -0.3 is 14.2 Å². The highest BCUT2D eigenvalue weighted by atomic mass is 35.5. The largest absolute Gasteiger partial charge is 0.488 e. The molecule has 3 aromatic rings. The maximum absolute atomic E-state index is 13.1. The molecule has 2 heterocycles. The smallest absolute Gasteiger partial charge is 0.257 e. The van der Waals surface area contributed by atoms with Crippen LogP contribution < -0.4 is 4.74 Å². The van der Waals surface area contributed by atoms with Crippen molar-refractivity contribution in [2.45, 2.75) is 32.3 Å². The minimum absolute atomic E-state index is 0.0168. The number of para-hydroxylation sites is 1. The van der Waals surface area contributed by atoms with Crippen LogP contribution in [-0.4, -0.2) is 34.0 Å². The predicted molar refractivity (Wildman–Crippen MR) is 109 cm³/mol. The lowest BCUT2D eigenvalue weighted by atomic mass is 9.96. The van der Waals surface area contributed by atoms with E-state index < -0.39 is 0 Å². The summed E-state index contributed by atoms with van der Waals surface area (Å²) in [4.78, 5) is 19.3. The fraction of sp³-hybridized carbons (Fsp3) is 0.318. The Morgan fingerprint density at radius 3 is 2.59 bits per heavy atom. The van der Waals surface area contributed by atoms with Gasteiger partial charge in [0.05, 0.1) is 5.56 Å². The first-order valence-electron chi connectivity index (χ1n) is 9.66. The number of likely N-dealkylation sites (tertiary alicyclic amines) is 1. The molecule has 1 fully saturated rings. The zero-order valence-corrected chi connectivity index (χ0v) is 16.9. The Morgan fingerprint density at radius 1 is 1.17 bits per heavy atom. The van der Waals surface area contributed by atoms with E-state index in [1.54, 1.807) is 0 Å². The van der Waals surface area contributed by atoms with E-state index in [1.165, 1.54) is 0 Å². The number of hydrogen-bond acceptors (Lipinski definition) is 5. The van der Waals surface area contributed by atoms with E-state index >= 15 is 0 Å². The highest BCUT2D eigenvalue weighted by Crippen LogP contribution is 2.29. The standard InChI is InChI=1S/C22H22ClN3O3/c1-15-24-21(29-25-15)17-10-12-26(13-11-17)22(27)19-4-2-3-5-20(19)28-14-16-6-8-18(23)9-7-16/h2-9,17H,10-14H2,1H3. The number of ether oxygens (including phenoxy) is 1. The molecule has 1 amide bonds. The maximum atomic E-state index is 13.1. The fourth-order valence-corrected chi connectivity index (χ4v) is 3.62. The minimum Gasteiger partial charge on any atom is -0.488 e. The van der Waals surface area contributed by atoms with Gasteiger partial charge >= 0.3 is 0 Å². The van der Waals surface area contributed by atoms with Gasteiger partial charge in [-0.15, -0.1) is 0 Å². The van der Waals surface area contributed by atoms with Crippen LogP contribution in [0, 0.1) is 6.92 Å². The molecule has 0 spiro atoms. The van der Waals surface area contributed by atoms with Crippen LogP contribution in [0.1, 0.15) is 46.4 Å². The quantitative estimate of drug-likeness (QED) is 0.612. The Labute approximate surface area is 174 Å². The molecule has 1 aliphatic heterocycles. The molecule has 1 saturated heterocycles. The summed E-state index contributed by atoms with van der Waals surface area (Å²) in [5.41, 5.74) is 1.57. The summed E-state index contributed by atoms with van der Waals surface area (Å²) in [5.74, 6) is 2.09. The topological polar surface area (TPSA) is 68.5 Å². The van der Waals surface area contributed by atoms with Crippen LogP contribution in [0.15, 0.2) is 53.1 Å². The zero-order valence-electron chi connectivity index (χ0n) is 16.2. The average Bonchev–Trinajstić information content (AvgIpc) is 3.19. The molecule has 6 nitrogen and oxygen atoms in total. The lowest BCUT2D eigenvalue weighted by Gasteiger charge is -2.30. The summed E-state index contributed by atoms with van der Waals surface area (Å²) in [6.45, 7) is 3.49. The van der Waals surface area contributed by atoms with E-state index in [0.29, 0.717) is 47.7 Å². The third-order valence-corrected chi connectivity index (χ3v) is 5.35. The molecule has 7 heteroatoms. The molecular weight excluding hydrogens is 390 g/mol. The number of nitrogens with zero attached hydrogens (tertiary/aromatic N) is 3. The third kappa shape index (κ3) is 4.59. The SMILES string of the molecule is Cc1noc(C2CCN(C(=O)c3ccccc3OCc3ccc(Cl)cc3)CC2)n1. The van der Waals surface area contributed by atoms with Gasteiger partial charge in [0.2, 0.25) is 5.89 Å². The lowest BCUT2D eigenvalue weighted by Crippen LogP contribution is -2.38. The lowest BCUT2D eigenvalue weighted by molar-refractivity contribution is 0.0699. The van der Waals surface area contributed by atoms with Crippen molar-refractivity contribution < 1.29 is 14.1 Å². The summed E-state index contributed by atoms with van der Waals surface area (Å²) in [6.07, 6.45) is 1.61. The Bertz CT molecular complexity index is 979. The van der Waals surface area contributed by atoms with Crippen molar-refractivity contribution in [2.75, 3.05) is 13.1 Å². The molecule has 0 atom stereocenters. The molecule has 0 bridgehead atoms. The Morgan fingerprint density at radius 2 is 1.90 bits per heavy atom. The third-order valence-electron chi connectivity index (χ3n) is 5.10. The van der Waals surface area contributed by atoms with Gasteiger partial charge in [-0.25, -0.2) is 0 Å². The van der Waals surface area contributed by atoms with Gasteiger partial charge in [0.1, 0.15) is 12.4 Å². The fourth-order valence-electron chi connectivity index (χ4n) is 3.49. The molecule has 0 aliphatic carbocycles. The predicted octanol–water partition coefficient (Wildman–Crippen LogP) is 4.63. The van der Waals surface area contributed by atoms with Crippen molar-refractivity contribution in [3.63, 3.8) is 0 Å². The summed E-state index contributed by atoms with van der Waals surface area (Å²) < 4.78 is 11.2. The second kappa shape index (κ2) is 8.66. The van der Waals surface area contributed by atoms with Gasteiger partial charge in [-0.05, 0) is 49.6 Å². The van der Waals surface area contributed by atoms with Crippen LogP contribution in [0.5, 0.6) is 5.75 Å². The van der Waals surface area contributed by atoms with Crippen LogP contribution in [0.25, 0.3) is 0 Å². The molecule has 0 saturated carbocycles. The van der Waals surface area contributed by atoms with Crippen molar-refractivity contribution in [1.29, 1.82) is 0 Å². The Hall–Kier alpha value is -2.86. The van der Waals surface area contributed by atoms with Gasteiger partial charge in [0.25, 0.3) is 5.91 Å². The number of aryl methyl sites for hydroxylation is 1. The Balaban J connectivity index is 1.40. The van der Waals surface area contributed by atoms with Gasteiger partial charge in [0.15, 0.2) is 5.82 Å².